The highest BCUT2D eigenvalue weighted by Crippen LogP contribution is 1.94. The van der Waals surface area contributed by atoms with Crippen LogP contribution in [0.5, 0.6) is 0 Å². The molecule has 0 aromatic heterocycles. The molecule has 0 heterocycles. The van der Waals surface area contributed by atoms with Crippen LogP contribution in [0, 0.1) is 12.0 Å². The first-order chi connectivity index (χ1) is 4.56. The predicted octanol–water partition coefficient (Wildman–Crippen LogP) is 2.27. The quantitative estimate of drug-likeness (QED) is 0.439. The summed E-state index contributed by atoms with van der Waals surface area (Å²) in [5.41, 5.74) is 2.24. The fraction of sp³-hybridized carbons (Fsp3) is 0.778. The van der Waals surface area contributed by atoms with Gasteiger partial charge in [-0.15, -0.1) is 12.0 Å². The fourth-order valence-electron chi connectivity index (χ4n) is 0. The smallest absolute Gasteiger partial charge is 0.128 e. The maximum atomic E-state index is 8.52. The van der Waals surface area contributed by atoms with Crippen molar-refractivity contribution in [3.05, 3.63) is 0 Å². The molecule has 0 spiro atoms. The molecule has 0 fully saturated rings. The molecular weight excluding hydrogens is 152 g/mol. The van der Waals surface area contributed by atoms with Gasteiger partial charge in [-0.1, -0.05) is 19.6 Å². The summed E-state index contributed by atoms with van der Waals surface area (Å²) in [5, 5.41) is 8.52. The minimum Gasteiger partial charge on any atom is -0.391 e. The standard InChI is InChI=1S/C5H10Si.C4H10O/c1-5-6(2,3)4;1-4(2,3)5/h1H,2-4H3;5H,1-3H3. The second-order valence-electron chi connectivity index (χ2n) is 4.57. The molecule has 1 N–H and O–H groups in total. The molecule has 0 aliphatic rings. The first kappa shape index (κ1) is 13.3. The van der Waals surface area contributed by atoms with Gasteiger partial charge in [0, 0.05) is 0 Å². The van der Waals surface area contributed by atoms with Crippen molar-refractivity contribution in [1.29, 1.82) is 0 Å². The van der Waals surface area contributed by atoms with E-state index in [-0.39, 0.29) is 0 Å². The van der Waals surface area contributed by atoms with Gasteiger partial charge in [0.05, 0.1) is 5.60 Å². The third-order valence-electron chi connectivity index (χ3n) is 0.433. The number of hydrogen-bond acceptors (Lipinski definition) is 1. The summed E-state index contributed by atoms with van der Waals surface area (Å²) < 4.78 is 0. The third kappa shape index (κ3) is 77.8. The Labute approximate surface area is 71.8 Å². The highest BCUT2D eigenvalue weighted by Gasteiger charge is 2.05. The monoisotopic (exact) mass is 172 g/mol. The Hall–Kier alpha value is -0.263. The van der Waals surface area contributed by atoms with Crippen LogP contribution in [0.1, 0.15) is 20.8 Å². The van der Waals surface area contributed by atoms with Crippen LogP contribution in [0.4, 0.5) is 0 Å². The van der Waals surface area contributed by atoms with E-state index in [0.717, 1.165) is 0 Å². The summed E-state index contributed by atoms with van der Waals surface area (Å²) >= 11 is 0. The summed E-state index contributed by atoms with van der Waals surface area (Å²) in [5.74, 6) is 0. The van der Waals surface area contributed by atoms with Crippen LogP contribution >= 0.6 is 0 Å². The van der Waals surface area contributed by atoms with E-state index in [1.165, 1.54) is 0 Å². The Morgan fingerprint density at radius 2 is 1.27 bits per heavy atom. The zero-order chi connectivity index (χ0) is 9.71. The number of hydrogen-bond donors (Lipinski definition) is 1. The SMILES string of the molecule is C#C[Si](C)(C)C.CC(C)(C)O. The summed E-state index contributed by atoms with van der Waals surface area (Å²) in [6.07, 6.45) is 5.12. The van der Waals surface area contributed by atoms with Crippen molar-refractivity contribution in [1.82, 2.24) is 0 Å². The first-order valence-corrected chi connectivity index (χ1v) is 7.26. The van der Waals surface area contributed by atoms with Crippen LogP contribution in [-0.2, 0) is 0 Å². The van der Waals surface area contributed by atoms with Crippen molar-refractivity contribution in [2.45, 2.75) is 46.0 Å². The molecule has 66 valence electrons. The molecule has 0 aliphatic carbocycles. The number of terminal acetylenes is 1. The van der Waals surface area contributed by atoms with E-state index in [1.807, 2.05) is 0 Å². The highest BCUT2D eigenvalue weighted by atomic mass is 28.3. The molecule has 0 rings (SSSR count). The van der Waals surface area contributed by atoms with Crippen LogP contribution in [0.15, 0.2) is 0 Å². The average molecular weight is 172 g/mol. The van der Waals surface area contributed by atoms with Gasteiger partial charge in [-0.05, 0) is 20.8 Å². The van der Waals surface area contributed by atoms with E-state index < -0.39 is 13.7 Å². The van der Waals surface area contributed by atoms with Crippen molar-refractivity contribution < 1.29 is 5.11 Å². The zero-order valence-corrected chi connectivity index (χ0v) is 9.52. The summed E-state index contributed by atoms with van der Waals surface area (Å²) in [4.78, 5) is 0. The van der Waals surface area contributed by atoms with Gasteiger partial charge in [0.1, 0.15) is 8.07 Å². The van der Waals surface area contributed by atoms with Crippen LogP contribution < -0.4 is 0 Å². The maximum Gasteiger partial charge on any atom is 0.128 e. The molecule has 0 unspecified atom stereocenters. The van der Waals surface area contributed by atoms with Crippen LogP contribution in [-0.4, -0.2) is 18.8 Å². The Morgan fingerprint density at radius 1 is 1.18 bits per heavy atom. The van der Waals surface area contributed by atoms with Crippen molar-refractivity contribution in [2.75, 3.05) is 0 Å². The minimum absolute atomic E-state index is 0.500. The lowest BCUT2D eigenvalue weighted by Gasteiger charge is -2.04. The first-order valence-electron chi connectivity index (χ1n) is 3.76. The van der Waals surface area contributed by atoms with Gasteiger partial charge in [-0.3, -0.25) is 0 Å². The van der Waals surface area contributed by atoms with Crippen molar-refractivity contribution in [2.24, 2.45) is 0 Å². The Bertz CT molecular complexity index is 125. The second-order valence-corrected chi connectivity index (χ2v) is 9.35. The lowest BCUT2D eigenvalue weighted by molar-refractivity contribution is 0.102. The van der Waals surface area contributed by atoms with Gasteiger partial charge in [-0.25, -0.2) is 0 Å². The van der Waals surface area contributed by atoms with Crippen LogP contribution in [0.2, 0.25) is 19.6 Å². The fourth-order valence-corrected chi connectivity index (χ4v) is 0. The lowest BCUT2D eigenvalue weighted by atomic mass is 10.2. The molecule has 0 aromatic carbocycles. The van der Waals surface area contributed by atoms with Crippen molar-refractivity contribution >= 4 is 8.07 Å². The summed E-state index contributed by atoms with van der Waals surface area (Å²) in [7, 11) is -1.10. The molecule has 0 radical (unpaired) electrons. The molecule has 0 atom stereocenters. The zero-order valence-electron chi connectivity index (χ0n) is 8.52. The lowest BCUT2D eigenvalue weighted by Crippen LogP contribution is -2.15. The van der Waals surface area contributed by atoms with Gasteiger partial charge < -0.3 is 5.11 Å². The average Bonchev–Trinajstić information content (AvgIpc) is 1.59. The van der Waals surface area contributed by atoms with Crippen LogP contribution in [0.3, 0.4) is 0 Å². The maximum absolute atomic E-state index is 8.52. The van der Waals surface area contributed by atoms with Crippen LogP contribution in [0.25, 0.3) is 0 Å². The minimum atomic E-state index is -1.10. The molecule has 11 heavy (non-hydrogen) atoms. The molecule has 1 nitrogen and oxygen atoms in total. The number of rotatable bonds is 0. The molecule has 0 saturated heterocycles. The molecule has 0 aliphatic heterocycles. The summed E-state index contributed by atoms with van der Waals surface area (Å²) in [6, 6.07) is 0. The molecule has 0 aromatic rings. The van der Waals surface area contributed by atoms with E-state index >= 15 is 0 Å². The largest absolute Gasteiger partial charge is 0.391 e. The van der Waals surface area contributed by atoms with E-state index in [2.05, 4.69) is 25.2 Å². The predicted molar refractivity (Wildman–Crippen MR) is 54.2 cm³/mol. The molecule has 2 heteroatoms. The topological polar surface area (TPSA) is 20.2 Å². The molecular formula is C9H20OSi. The van der Waals surface area contributed by atoms with E-state index in [0.29, 0.717) is 0 Å². The van der Waals surface area contributed by atoms with Gasteiger partial charge in [-0.2, -0.15) is 0 Å². The van der Waals surface area contributed by atoms with Gasteiger partial charge in [0.25, 0.3) is 0 Å². The van der Waals surface area contributed by atoms with E-state index in [4.69, 9.17) is 11.5 Å². The molecule has 0 saturated carbocycles. The van der Waals surface area contributed by atoms with Gasteiger partial charge in [0.15, 0.2) is 0 Å². The van der Waals surface area contributed by atoms with Crippen molar-refractivity contribution in [3.63, 3.8) is 0 Å². The third-order valence-corrected chi connectivity index (χ3v) is 1.30. The Kier molecular flexibility index (Phi) is 5.55. The normalized spacial score (nSPS) is 11.1. The second kappa shape index (κ2) is 4.58. The number of aliphatic hydroxyl groups is 1. The Balaban J connectivity index is 0. The van der Waals surface area contributed by atoms with Crippen molar-refractivity contribution in [3.8, 4) is 12.0 Å². The van der Waals surface area contributed by atoms with Gasteiger partial charge in [0.2, 0.25) is 0 Å². The van der Waals surface area contributed by atoms with Gasteiger partial charge >= 0.3 is 0 Å². The van der Waals surface area contributed by atoms with E-state index in [1.54, 1.807) is 20.8 Å². The van der Waals surface area contributed by atoms with E-state index in [9.17, 15) is 0 Å². The highest BCUT2D eigenvalue weighted by molar-refractivity contribution is 6.83. The Morgan fingerprint density at radius 3 is 1.27 bits per heavy atom. The molecule has 0 bridgehead atoms. The molecule has 0 amide bonds. The summed E-state index contributed by atoms with van der Waals surface area (Å²) in [6.45, 7) is 11.7.